The van der Waals surface area contributed by atoms with Crippen LogP contribution in [0.1, 0.15) is 29.5 Å². The minimum absolute atomic E-state index is 0.555. The van der Waals surface area contributed by atoms with Crippen LogP contribution in [-0.2, 0) is 6.42 Å². The Hall–Kier alpha value is -1.86. The van der Waals surface area contributed by atoms with Crippen molar-refractivity contribution in [3.63, 3.8) is 0 Å². The van der Waals surface area contributed by atoms with E-state index in [1.807, 2.05) is 6.08 Å². The second-order valence-corrected chi connectivity index (χ2v) is 5.21. The molecule has 0 aromatic heterocycles. The zero-order chi connectivity index (χ0) is 14.2. The second-order valence-electron chi connectivity index (χ2n) is 5.21. The Kier molecular flexibility index (Phi) is 5.57. The van der Waals surface area contributed by atoms with Gasteiger partial charge in [-0.2, -0.15) is 0 Å². The average Bonchev–Trinajstić information content (AvgIpc) is 2.53. The molecule has 0 saturated heterocycles. The summed E-state index contributed by atoms with van der Waals surface area (Å²) in [6.07, 6.45) is 2.95. The first kappa shape index (κ1) is 14.5. The summed E-state index contributed by atoms with van der Waals surface area (Å²) in [5, 5.41) is 3.54. The van der Waals surface area contributed by atoms with Crippen LogP contribution < -0.4 is 5.32 Å². The fraction of sp³-hybridized carbons (Fsp3) is 0.263. The number of hydrogen-bond donors (Lipinski definition) is 1. The highest BCUT2D eigenvalue weighted by Crippen LogP contribution is 2.13. The van der Waals surface area contributed by atoms with Crippen molar-refractivity contribution in [3.8, 4) is 0 Å². The first-order valence-electron chi connectivity index (χ1n) is 7.26. The van der Waals surface area contributed by atoms with Crippen molar-refractivity contribution in [2.24, 2.45) is 0 Å². The quantitative estimate of drug-likeness (QED) is 0.737. The van der Waals surface area contributed by atoms with Crippen molar-refractivity contribution in [1.29, 1.82) is 0 Å². The average molecular weight is 265 g/mol. The molecule has 0 bridgehead atoms. The number of rotatable bonds is 7. The number of benzene rings is 2. The Morgan fingerprint density at radius 1 is 1.05 bits per heavy atom. The van der Waals surface area contributed by atoms with E-state index < -0.39 is 0 Å². The standard InChI is InChI=1S/C19H23N/c1-3-17-9-11-18(12-10-17)13-14-20-15-16(2)19-7-5-4-6-8-19/h3-12,16,20H,1,13-15H2,2H3. The Balaban J connectivity index is 1.72. The highest BCUT2D eigenvalue weighted by molar-refractivity contribution is 5.47. The molecule has 0 heterocycles. The van der Waals surface area contributed by atoms with Crippen LogP contribution >= 0.6 is 0 Å². The van der Waals surface area contributed by atoms with Crippen molar-refractivity contribution >= 4 is 6.08 Å². The van der Waals surface area contributed by atoms with E-state index >= 15 is 0 Å². The molecule has 20 heavy (non-hydrogen) atoms. The molecule has 2 rings (SSSR count). The summed E-state index contributed by atoms with van der Waals surface area (Å²) in [5.74, 6) is 0.555. The van der Waals surface area contributed by atoms with E-state index in [0.29, 0.717) is 5.92 Å². The van der Waals surface area contributed by atoms with Gasteiger partial charge in [-0.15, -0.1) is 0 Å². The molecule has 1 N–H and O–H groups in total. The van der Waals surface area contributed by atoms with Gasteiger partial charge in [-0.1, -0.05) is 74.2 Å². The molecule has 0 saturated carbocycles. The second kappa shape index (κ2) is 7.66. The summed E-state index contributed by atoms with van der Waals surface area (Å²) in [4.78, 5) is 0. The van der Waals surface area contributed by atoms with Crippen LogP contribution in [0.4, 0.5) is 0 Å². The van der Waals surface area contributed by atoms with Crippen molar-refractivity contribution in [2.45, 2.75) is 19.3 Å². The molecule has 0 fully saturated rings. The number of nitrogens with one attached hydrogen (secondary N) is 1. The Bertz CT molecular complexity index is 513. The van der Waals surface area contributed by atoms with E-state index in [0.717, 1.165) is 19.5 Å². The highest BCUT2D eigenvalue weighted by atomic mass is 14.8. The minimum Gasteiger partial charge on any atom is -0.316 e. The molecule has 1 nitrogen and oxygen atoms in total. The smallest absolute Gasteiger partial charge is 0.00176 e. The van der Waals surface area contributed by atoms with Crippen molar-refractivity contribution < 1.29 is 0 Å². The third kappa shape index (κ3) is 4.36. The van der Waals surface area contributed by atoms with Gasteiger partial charge in [-0.3, -0.25) is 0 Å². The highest BCUT2D eigenvalue weighted by Gasteiger charge is 2.03. The lowest BCUT2D eigenvalue weighted by Gasteiger charge is -2.13. The first-order chi connectivity index (χ1) is 9.79. The van der Waals surface area contributed by atoms with Gasteiger partial charge < -0.3 is 5.32 Å². The molecule has 0 amide bonds. The fourth-order valence-corrected chi connectivity index (χ4v) is 2.27. The lowest BCUT2D eigenvalue weighted by Crippen LogP contribution is -2.22. The van der Waals surface area contributed by atoms with Gasteiger partial charge in [0.2, 0.25) is 0 Å². The largest absolute Gasteiger partial charge is 0.316 e. The summed E-state index contributed by atoms with van der Waals surface area (Å²) in [6.45, 7) is 8.08. The summed E-state index contributed by atoms with van der Waals surface area (Å²) in [6, 6.07) is 19.3. The van der Waals surface area contributed by atoms with Gasteiger partial charge in [0, 0.05) is 6.54 Å². The zero-order valence-electron chi connectivity index (χ0n) is 12.2. The van der Waals surface area contributed by atoms with Crippen LogP contribution in [-0.4, -0.2) is 13.1 Å². The van der Waals surface area contributed by atoms with E-state index in [1.54, 1.807) is 0 Å². The van der Waals surface area contributed by atoms with Gasteiger partial charge in [-0.05, 0) is 35.6 Å². The molecule has 104 valence electrons. The van der Waals surface area contributed by atoms with Crippen LogP contribution in [0.25, 0.3) is 6.08 Å². The summed E-state index contributed by atoms with van der Waals surface area (Å²) in [7, 11) is 0. The molecular formula is C19H23N. The van der Waals surface area contributed by atoms with E-state index in [9.17, 15) is 0 Å². The van der Waals surface area contributed by atoms with Gasteiger partial charge in [0.05, 0.1) is 0 Å². The Labute approximate surface area is 122 Å². The zero-order valence-corrected chi connectivity index (χ0v) is 12.2. The first-order valence-corrected chi connectivity index (χ1v) is 7.26. The van der Waals surface area contributed by atoms with Crippen molar-refractivity contribution in [3.05, 3.63) is 77.9 Å². The molecule has 0 spiro atoms. The molecular weight excluding hydrogens is 242 g/mol. The van der Waals surface area contributed by atoms with Crippen LogP contribution in [0, 0.1) is 0 Å². The van der Waals surface area contributed by atoms with Crippen molar-refractivity contribution in [1.82, 2.24) is 5.32 Å². The Morgan fingerprint density at radius 2 is 1.75 bits per heavy atom. The van der Waals surface area contributed by atoms with Crippen LogP contribution in [0.3, 0.4) is 0 Å². The molecule has 0 aliphatic carbocycles. The molecule has 2 aromatic carbocycles. The minimum atomic E-state index is 0.555. The van der Waals surface area contributed by atoms with Gasteiger partial charge in [0.25, 0.3) is 0 Å². The SMILES string of the molecule is C=Cc1ccc(CCNCC(C)c2ccccc2)cc1. The van der Waals surface area contributed by atoms with Crippen LogP contribution in [0.2, 0.25) is 0 Å². The van der Waals surface area contributed by atoms with Gasteiger partial charge in [0.15, 0.2) is 0 Å². The Morgan fingerprint density at radius 3 is 2.40 bits per heavy atom. The van der Waals surface area contributed by atoms with Crippen LogP contribution in [0.15, 0.2) is 61.2 Å². The summed E-state index contributed by atoms with van der Waals surface area (Å²) >= 11 is 0. The maximum Gasteiger partial charge on any atom is 0.00176 e. The summed E-state index contributed by atoms with van der Waals surface area (Å²) < 4.78 is 0. The van der Waals surface area contributed by atoms with Gasteiger partial charge in [-0.25, -0.2) is 0 Å². The molecule has 0 radical (unpaired) electrons. The third-order valence-electron chi connectivity index (χ3n) is 3.63. The molecule has 1 atom stereocenters. The maximum absolute atomic E-state index is 3.77. The van der Waals surface area contributed by atoms with Crippen LogP contribution in [0.5, 0.6) is 0 Å². The van der Waals surface area contributed by atoms with Crippen molar-refractivity contribution in [2.75, 3.05) is 13.1 Å². The predicted octanol–water partition coefficient (Wildman–Crippen LogP) is 4.27. The molecule has 1 unspecified atom stereocenters. The summed E-state index contributed by atoms with van der Waals surface area (Å²) in [5.41, 5.74) is 3.95. The fourth-order valence-electron chi connectivity index (χ4n) is 2.27. The van der Waals surface area contributed by atoms with E-state index in [2.05, 4.69) is 73.4 Å². The van der Waals surface area contributed by atoms with Gasteiger partial charge in [0.1, 0.15) is 0 Å². The molecule has 2 aromatic rings. The number of hydrogen-bond acceptors (Lipinski definition) is 1. The lowest BCUT2D eigenvalue weighted by atomic mass is 10.0. The van der Waals surface area contributed by atoms with Gasteiger partial charge >= 0.3 is 0 Å². The molecule has 0 aliphatic heterocycles. The normalized spacial score (nSPS) is 12.1. The topological polar surface area (TPSA) is 12.0 Å². The molecule has 1 heteroatoms. The maximum atomic E-state index is 3.77. The van der Waals surface area contributed by atoms with E-state index in [1.165, 1.54) is 16.7 Å². The molecule has 0 aliphatic rings. The van der Waals surface area contributed by atoms with E-state index in [4.69, 9.17) is 0 Å². The monoisotopic (exact) mass is 265 g/mol. The third-order valence-corrected chi connectivity index (χ3v) is 3.63. The van der Waals surface area contributed by atoms with E-state index in [-0.39, 0.29) is 0 Å². The lowest BCUT2D eigenvalue weighted by molar-refractivity contribution is 0.615. The predicted molar refractivity (Wildman–Crippen MR) is 88.0 cm³/mol.